The van der Waals surface area contributed by atoms with Gasteiger partial charge in [-0.15, -0.1) is 5.10 Å². The zero-order valence-electron chi connectivity index (χ0n) is 11.8. The zero-order valence-corrected chi connectivity index (χ0v) is 11.8. The van der Waals surface area contributed by atoms with Crippen LogP contribution in [0.4, 0.5) is 0 Å². The van der Waals surface area contributed by atoms with Gasteiger partial charge in [0.15, 0.2) is 0 Å². The minimum absolute atomic E-state index is 0.0960. The maximum atomic E-state index is 10.8. The van der Waals surface area contributed by atoms with Crippen molar-refractivity contribution in [1.82, 2.24) is 15.0 Å². The number of benzene rings is 2. The van der Waals surface area contributed by atoms with E-state index < -0.39 is 5.97 Å². The third-order valence-electron chi connectivity index (χ3n) is 3.34. The second-order valence-electron chi connectivity index (χ2n) is 4.84. The zero-order chi connectivity index (χ0) is 15.4. The summed E-state index contributed by atoms with van der Waals surface area (Å²) in [6, 6.07) is 13.9. The van der Waals surface area contributed by atoms with Crippen molar-refractivity contribution in [3.63, 3.8) is 0 Å². The molecule has 0 saturated heterocycles. The van der Waals surface area contributed by atoms with E-state index >= 15 is 0 Å². The van der Waals surface area contributed by atoms with Crippen LogP contribution in [-0.4, -0.2) is 32.7 Å². The number of nitrogens with zero attached hydrogens (tertiary/aromatic N) is 3. The first-order valence-corrected chi connectivity index (χ1v) is 6.94. The molecule has 1 N–H and O–H groups in total. The van der Waals surface area contributed by atoms with Crippen molar-refractivity contribution in [2.75, 3.05) is 6.61 Å². The summed E-state index contributed by atoms with van der Waals surface area (Å²) in [5.74, 6) is -0.100. The van der Waals surface area contributed by atoms with Crippen molar-refractivity contribution in [3.05, 3.63) is 54.4 Å². The van der Waals surface area contributed by atoms with Crippen LogP contribution in [0.2, 0.25) is 0 Å². The summed E-state index contributed by atoms with van der Waals surface area (Å²) in [5, 5.41) is 18.6. The lowest BCUT2D eigenvalue weighted by Gasteiger charge is -2.10. The van der Waals surface area contributed by atoms with Crippen LogP contribution in [0.25, 0.3) is 10.8 Å². The summed E-state index contributed by atoms with van der Waals surface area (Å²) < 4.78 is 7.37. The lowest BCUT2D eigenvalue weighted by atomic mass is 10.1. The third-order valence-corrected chi connectivity index (χ3v) is 3.34. The fourth-order valence-corrected chi connectivity index (χ4v) is 2.32. The van der Waals surface area contributed by atoms with Crippen LogP contribution in [0.5, 0.6) is 5.75 Å². The Bertz CT molecular complexity index is 793. The molecule has 0 bridgehead atoms. The molecule has 22 heavy (non-hydrogen) atoms. The number of carboxylic acids is 1. The Morgan fingerprint density at radius 1 is 1.18 bits per heavy atom. The Balaban J connectivity index is 1.68. The Hall–Kier alpha value is -2.89. The number of ether oxygens (including phenoxy) is 1. The molecule has 3 rings (SSSR count). The molecule has 0 amide bonds. The Kier molecular flexibility index (Phi) is 4.00. The normalized spacial score (nSPS) is 10.7. The highest BCUT2D eigenvalue weighted by Gasteiger charge is 2.08. The number of rotatable bonds is 6. The summed E-state index contributed by atoms with van der Waals surface area (Å²) in [6.07, 6.45) is 1.37. The molecule has 0 atom stereocenters. The van der Waals surface area contributed by atoms with Crippen LogP contribution in [0.15, 0.2) is 48.7 Å². The second-order valence-corrected chi connectivity index (χ2v) is 4.84. The summed E-state index contributed by atoms with van der Waals surface area (Å²) in [7, 11) is 0. The highest BCUT2D eigenvalue weighted by Crippen LogP contribution is 2.25. The Morgan fingerprint density at radius 2 is 2.00 bits per heavy atom. The number of carbonyl (C=O) groups is 1. The van der Waals surface area contributed by atoms with Crippen LogP contribution in [0.3, 0.4) is 0 Å². The molecule has 2 aromatic carbocycles. The molecule has 0 unspecified atom stereocenters. The van der Waals surface area contributed by atoms with Crippen molar-refractivity contribution in [2.45, 2.75) is 13.0 Å². The van der Waals surface area contributed by atoms with E-state index in [1.165, 1.54) is 6.20 Å². The first-order chi connectivity index (χ1) is 10.7. The molecule has 0 aliphatic carbocycles. The van der Waals surface area contributed by atoms with E-state index in [-0.39, 0.29) is 6.42 Å². The average Bonchev–Trinajstić information content (AvgIpc) is 2.94. The lowest BCUT2D eigenvalue weighted by Crippen LogP contribution is -2.14. The molecule has 0 radical (unpaired) electrons. The fourth-order valence-electron chi connectivity index (χ4n) is 2.32. The van der Waals surface area contributed by atoms with E-state index in [1.54, 1.807) is 4.68 Å². The minimum Gasteiger partial charge on any atom is -0.491 e. The van der Waals surface area contributed by atoms with Gasteiger partial charge in [-0.3, -0.25) is 4.79 Å². The van der Waals surface area contributed by atoms with Crippen molar-refractivity contribution >= 4 is 16.7 Å². The predicted molar refractivity (Wildman–Crippen MR) is 80.8 cm³/mol. The average molecular weight is 297 g/mol. The van der Waals surface area contributed by atoms with E-state index in [4.69, 9.17) is 9.84 Å². The molecule has 112 valence electrons. The number of aromatic nitrogens is 3. The molecule has 0 aliphatic heterocycles. The molecular formula is C16H15N3O3. The summed E-state index contributed by atoms with van der Waals surface area (Å²) >= 11 is 0. The minimum atomic E-state index is -0.904. The van der Waals surface area contributed by atoms with Crippen LogP contribution in [-0.2, 0) is 17.8 Å². The summed E-state index contributed by atoms with van der Waals surface area (Å²) in [6.45, 7) is 0.843. The van der Waals surface area contributed by atoms with E-state index in [1.807, 2.05) is 42.5 Å². The summed E-state index contributed by atoms with van der Waals surface area (Å²) in [4.78, 5) is 10.8. The Labute approximate surface area is 126 Å². The molecule has 3 aromatic rings. The van der Waals surface area contributed by atoms with Crippen molar-refractivity contribution in [1.29, 1.82) is 0 Å². The largest absolute Gasteiger partial charge is 0.491 e. The number of carboxylic acid groups (broad SMARTS) is 1. The van der Waals surface area contributed by atoms with Crippen LogP contribution in [0, 0.1) is 0 Å². The smallest absolute Gasteiger partial charge is 0.309 e. The van der Waals surface area contributed by atoms with Crippen LogP contribution in [0.1, 0.15) is 5.69 Å². The molecule has 0 aliphatic rings. The van der Waals surface area contributed by atoms with Gasteiger partial charge in [0.25, 0.3) is 0 Å². The lowest BCUT2D eigenvalue weighted by molar-refractivity contribution is -0.136. The van der Waals surface area contributed by atoms with Crippen molar-refractivity contribution < 1.29 is 14.6 Å². The van der Waals surface area contributed by atoms with Gasteiger partial charge in [0.1, 0.15) is 12.4 Å². The topological polar surface area (TPSA) is 77.2 Å². The van der Waals surface area contributed by atoms with Gasteiger partial charge in [-0.1, -0.05) is 41.6 Å². The number of aliphatic carboxylic acids is 1. The molecule has 1 heterocycles. The standard InChI is InChI=1S/C16H15N3O3/c20-16(21)10-13-11-17-18-19(13)8-9-22-15-7-3-5-12-4-1-2-6-14(12)15/h1-7,11H,8-10H2,(H,20,21). The molecule has 6 heteroatoms. The van der Waals surface area contributed by atoms with E-state index in [9.17, 15) is 4.79 Å². The van der Waals surface area contributed by atoms with E-state index in [2.05, 4.69) is 10.3 Å². The highest BCUT2D eigenvalue weighted by atomic mass is 16.5. The van der Waals surface area contributed by atoms with Gasteiger partial charge in [0, 0.05) is 5.39 Å². The van der Waals surface area contributed by atoms with Gasteiger partial charge in [-0.2, -0.15) is 0 Å². The Morgan fingerprint density at radius 3 is 2.86 bits per heavy atom. The highest BCUT2D eigenvalue weighted by molar-refractivity contribution is 5.88. The van der Waals surface area contributed by atoms with Gasteiger partial charge in [-0.25, -0.2) is 4.68 Å². The van der Waals surface area contributed by atoms with Crippen molar-refractivity contribution in [2.24, 2.45) is 0 Å². The first-order valence-electron chi connectivity index (χ1n) is 6.94. The van der Waals surface area contributed by atoms with Gasteiger partial charge < -0.3 is 9.84 Å². The van der Waals surface area contributed by atoms with E-state index in [0.29, 0.717) is 18.8 Å². The second kappa shape index (κ2) is 6.26. The third kappa shape index (κ3) is 3.06. The SMILES string of the molecule is O=C(O)Cc1cnnn1CCOc1cccc2ccccc12. The first kappa shape index (κ1) is 14.1. The number of fused-ring (bicyclic) bond motifs is 1. The molecular weight excluding hydrogens is 282 g/mol. The maximum Gasteiger partial charge on any atom is 0.309 e. The number of hydrogen-bond acceptors (Lipinski definition) is 4. The molecule has 6 nitrogen and oxygen atoms in total. The van der Waals surface area contributed by atoms with Gasteiger partial charge in [0.2, 0.25) is 0 Å². The van der Waals surface area contributed by atoms with Gasteiger partial charge in [-0.05, 0) is 11.5 Å². The van der Waals surface area contributed by atoms with E-state index in [0.717, 1.165) is 16.5 Å². The predicted octanol–water partition coefficient (Wildman–Crippen LogP) is 2.14. The van der Waals surface area contributed by atoms with Crippen LogP contribution < -0.4 is 4.74 Å². The number of hydrogen-bond donors (Lipinski definition) is 1. The van der Waals surface area contributed by atoms with Crippen molar-refractivity contribution in [3.8, 4) is 5.75 Å². The van der Waals surface area contributed by atoms with Gasteiger partial charge in [0.05, 0.1) is 24.9 Å². The van der Waals surface area contributed by atoms with Gasteiger partial charge >= 0.3 is 5.97 Å². The quantitative estimate of drug-likeness (QED) is 0.754. The molecule has 0 spiro atoms. The fraction of sp³-hybridized carbons (Fsp3) is 0.188. The maximum absolute atomic E-state index is 10.8. The summed E-state index contributed by atoms with van der Waals surface area (Å²) in [5.41, 5.74) is 0.564. The monoisotopic (exact) mass is 297 g/mol. The molecule has 0 fully saturated rings. The molecule has 0 saturated carbocycles. The van der Waals surface area contributed by atoms with Crippen LogP contribution >= 0.6 is 0 Å². The molecule has 1 aromatic heterocycles.